The molecule has 1 rings (SSSR count). The molecule has 0 bridgehead atoms. The van der Waals surface area contributed by atoms with Gasteiger partial charge >= 0.3 is 0 Å². The molecular weight excluding hydrogens is 176 g/mol. The molecule has 0 heterocycles. The van der Waals surface area contributed by atoms with Crippen LogP contribution in [0.25, 0.3) is 0 Å². The summed E-state index contributed by atoms with van der Waals surface area (Å²) >= 11 is 0. The maximum Gasteiger partial charge on any atom is 0.122 e. The van der Waals surface area contributed by atoms with E-state index in [2.05, 4.69) is 5.32 Å². The molecule has 0 aliphatic rings. The molecule has 0 spiro atoms. The Morgan fingerprint density at radius 3 is 2.71 bits per heavy atom. The number of hydrogen-bond donors (Lipinski definition) is 2. The van der Waals surface area contributed by atoms with Crippen LogP contribution in [0.4, 0.5) is 0 Å². The number of nitrogens with one attached hydrogen (secondary N) is 1. The first-order chi connectivity index (χ1) is 6.69. The van der Waals surface area contributed by atoms with Crippen LogP contribution in [0.5, 0.6) is 5.75 Å². The molecule has 1 aromatic rings. The molecule has 78 valence electrons. The summed E-state index contributed by atoms with van der Waals surface area (Å²) in [5.41, 5.74) is 8.03. The second-order valence-electron chi connectivity index (χ2n) is 3.22. The van der Waals surface area contributed by atoms with Gasteiger partial charge in [-0.1, -0.05) is 6.07 Å². The molecule has 0 saturated carbocycles. The molecule has 0 aromatic heterocycles. The number of ether oxygens (including phenoxy) is 1. The van der Waals surface area contributed by atoms with Crippen LogP contribution in [0.2, 0.25) is 0 Å². The van der Waals surface area contributed by atoms with Gasteiger partial charge in [-0.3, -0.25) is 0 Å². The molecule has 0 fully saturated rings. The minimum absolute atomic E-state index is 0.107. The molecule has 3 heteroatoms. The Balaban J connectivity index is 2.88. The van der Waals surface area contributed by atoms with Crippen molar-refractivity contribution in [3.8, 4) is 5.75 Å². The lowest BCUT2D eigenvalue weighted by Crippen LogP contribution is -2.24. The highest BCUT2D eigenvalue weighted by Crippen LogP contribution is 2.20. The van der Waals surface area contributed by atoms with Crippen LogP contribution < -0.4 is 15.8 Å². The van der Waals surface area contributed by atoms with Gasteiger partial charge in [0.25, 0.3) is 0 Å². The van der Waals surface area contributed by atoms with Crippen LogP contribution in [-0.2, 0) is 0 Å². The highest BCUT2D eigenvalue weighted by atomic mass is 16.5. The van der Waals surface area contributed by atoms with E-state index in [4.69, 9.17) is 10.5 Å². The SMILES string of the molecule is CCOc1ccc(C(N)NC)cc1C. The number of rotatable bonds is 4. The normalized spacial score (nSPS) is 12.6. The highest BCUT2D eigenvalue weighted by molar-refractivity contribution is 5.37. The maximum absolute atomic E-state index is 5.84. The first-order valence-corrected chi connectivity index (χ1v) is 4.85. The molecule has 1 aromatic carbocycles. The predicted octanol–water partition coefficient (Wildman–Crippen LogP) is 1.57. The molecule has 0 aliphatic carbocycles. The van der Waals surface area contributed by atoms with Crippen LogP contribution in [0, 0.1) is 6.92 Å². The van der Waals surface area contributed by atoms with Crippen molar-refractivity contribution in [1.29, 1.82) is 0 Å². The first-order valence-electron chi connectivity index (χ1n) is 4.85. The molecule has 1 atom stereocenters. The predicted molar refractivity (Wildman–Crippen MR) is 58.3 cm³/mol. The second-order valence-corrected chi connectivity index (χ2v) is 3.22. The van der Waals surface area contributed by atoms with E-state index in [1.54, 1.807) is 0 Å². The minimum Gasteiger partial charge on any atom is -0.494 e. The molecule has 0 aliphatic heterocycles. The molecule has 14 heavy (non-hydrogen) atoms. The lowest BCUT2D eigenvalue weighted by atomic mass is 10.1. The van der Waals surface area contributed by atoms with Crippen molar-refractivity contribution in [1.82, 2.24) is 5.32 Å². The largest absolute Gasteiger partial charge is 0.494 e. The Hall–Kier alpha value is -1.06. The van der Waals surface area contributed by atoms with E-state index in [0.29, 0.717) is 6.61 Å². The van der Waals surface area contributed by atoms with E-state index in [0.717, 1.165) is 16.9 Å². The zero-order chi connectivity index (χ0) is 10.6. The van der Waals surface area contributed by atoms with Gasteiger partial charge in [0, 0.05) is 0 Å². The van der Waals surface area contributed by atoms with Gasteiger partial charge in [-0.05, 0) is 44.2 Å². The van der Waals surface area contributed by atoms with E-state index >= 15 is 0 Å². The van der Waals surface area contributed by atoms with Crippen molar-refractivity contribution in [3.63, 3.8) is 0 Å². The minimum atomic E-state index is -0.107. The fourth-order valence-electron chi connectivity index (χ4n) is 1.35. The zero-order valence-electron chi connectivity index (χ0n) is 9.00. The maximum atomic E-state index is 5.84. The summed E-state index contributed by atoms with van der Waals surface area (Å²) in [7, 11) is 1.84. The van der Waals surface area contributed by atoms with E-state index < -0.39 is 0 Å². The molecule has 0 amide bonds. The van der Waals surface area contributed by atoms with Gasteiger partial charge in [0.05, 0.1) is 12.8 Å². The Kier molecular flexibility index (Phi) is 3.92. The van der Waals surface area contributed by atoms with Crippen LogP contribution >= 0.6 is 0 Å². The van der Waals surface area contributed by atoms with Crippen molar-refractivity contribution >= 4 is 0 Å². The third-order valence-electron chi connectivity index (χ3n) is 2.17. The Labute approximate surface area is 85.3 Å². The Morgan fingerprint density at radius 1 is 1.50 bits per heavy atom. The summed E-state index contributed by atoms with van der Waals surface area (Å²) in [6.45, 7) is 4.70. The Bertz CT molecular complexity index is 299. The summed E-state index contributed by atoms with van der Waals surface area (Å²) in [4.78, 5) is 0. The first kappa shape index (κ1) is 11.0. The van der Waals surface area contributed by atoms with Crippen LogP contribution in [0.1, 0.15) is 24.2 Å². The fraction of sp³-hybridized carbons (Fsp3) is 0.455. The number of benzene rings is 1. The van der Waals surface area contributed by atoms with Crippen molar-refractivity contribution < 1.29 is 4.74 Å². The van der Waals surface area contributed by atoms with E-state index in [9.17, 15) is 0 Å². The van der Waals surface area contributed by atoms with Gasteiger partial charge in [-0.25, -0.2) is 0 Å². The average Bonchev–Trinajstić information content (AvgIpc) is 2.20. The lowest BCUT2D eigenvalue weighted by molar-refractivity contribution is 0.337. The Morgan fingerprint density at radius 2 is 2.21 bits per heavy atom. The zero-order valence-corrected chi connectivity index (χ0v) is 9.00. The van der Waals surface area contributed by atoms with Crippen molar-refractivity contribution in [3.05, 3.63) is 29.3 Å². The average molecular weight is 194 g/mol. The van der Waals surface area contributed by atoms with Crippen LogP contribution in [-0.4, -0.2) is 13.7 Å². The molecule has 1 unspecified atom stereocenters. The summed E-state index contributed by atoms with van der Waals surface area (Å²) in [6, 6.07) is 6.00. The summed E-state index contributed by atoms with van der Waals surface area (Å²) in [6.07, 6.45) is -0.107. The standard InChI is InChI=1S/C11H18N2O/c1-4-14-10-6-5-9(7-8(10)2)11(12)13-3/h5-7,11,13H,4,12H2,1-3H3. The van der Waals surface area contributed by atoms with Crippen molar-refractivity contribution in [2.45, 2.75) is 20.0 Å². The van der Waals surface area contributed by atoms with Gasteiger partial charge in [-0.15, -0.1) is 0 Å². The second kappa shape index (κ2) is 4.98. The lowest BCUT2D eigenvalue weighted by Gasteiger charge is -2.13. The van der Waals surface area contributed by atoms with Crippen molar-refractivity contribution in [2.75, 3.05) is 13.7 Å². The number of aryl methyl sites for hydroxylation is 1. The van der Waals surface area contributed by atoms with E-state index in [1.165, 1.54) is 0 Å². The molecular formula is C11H18N2O. The van der Waals surface area contributed by atoms with Crippen molar-refractivity contribution in [2.24, 2.45) is 5.73 Å². The highest BCUT2D eigenvalue weighted by Gasteiger charge is 2.05. The van der Waals surface area contributed by atoms with Gasteiger partial charge in [-0.2, -0.15) is 0 Å². The van der Waals surface area contributed by atoms with Gasteiger partial charge in [0.1, 0.15) is 5.75 Å². The third-order valence-corrected chi connectivity index (χ3v) is 2.17. The summed E-state index contributed by atoms with van der Waals surface area (Å²) in [5, 5.41) is 3.00. The van der Waals surface area contributed by atoms with Gasteiger partial charge in [0.2, 0.25) is 0 Å². The van der Waals surface area contributed by atoms with E-state index in [-0.39, 0.29) is 6.17 Å². The third kappa shape index (κ3) is 2.47. The number of hydrogen-bond acceptors (Lipinski definition) is 3. The molecule has 0 saturated heterocycles. The van der Waals surface area contributed by atoms with E-state index in [1.807, 2.05) is 39.1 Å². The molecule has 3 N–H and O–H groups in total. The summed E-state index contributed by atoms with van der Waals surface area (Å²) in [5.74, 6) is 0.930. The van der Waals surface area contributed by atoms with Gasteiger partial charge < -0.3 is 15.8 Å². The molecule has 0 radical (unpaired) electrons. The number of nitrogens with two attached hydrogens (primary N) is 1. The summed E-state index contributed by atoms with van der Waals surface area (Å²) < 4.78 is 5.44. The smallest absolute Gasteiger partial charge is 0.122 e. The van der Waals surface area contributed by atoms with Crippen LogP contribution in [0.15, 0.2) is 18.2 Å². The molecule has 3 nitrogen and oxygen atoms in total. The van der Waals surface area contributed by atoms with Crippen LogP contribution in [0.3, 0.4) is 0 Å². The van der Waals surface area contributed by atoms with Gasteiger partial charge in [0.15, 0.2) is 0 Å². The fourth-order valence-corrected chi connectivity index (χ4v) is 1.35. The topological polar surface area (TPSA) is 47.3 Å². The quantitative estimate of drug-likeness (QED) is 0.715. The monoisotopic (exact) mass is 194 g/mol.